The number of nitrogens with zero attached hydrogens (tertiary/aromatic N) is 3. The fourth-order valence-corrected chi connectivity index (χ4v) is 2.33. The summed E-state index contributed by atoms with van der Waals surface area (Å²) in [6.07, 6.45) is 1.94. The third kappa shape index (κ3) is 2.50. The Morgan fingerprint density at radius 2 is 2.33 bits per heavy atom. The number of hydrogen-bond acceptors (Lipinski definition) is 5. The summed E-state index contributed by atoms with van der Waals surface area (Å²) in [5.74, 6) is 0.428. The van der Waals surface area contributed by atoms with E-state index in [-0.39, 0.29) is 17.4 Å². The number of rotatable bonds is 2. The van der Waals surface area contributed by atoms with Gasteiger partial charge in [-0.2, -0.15) is 0 Å². The summed E-state index contributed by atoms with van der Waals surface area (Å²) >= 11 is 3.17. The molecule has 2 heterocycles. The first-order chi connectivity index (χ1) is 8.49. The topological polar surface area (TPSA) is 76.3 Å². The first kappa shape index (κ1) is 12.9. The largest absolute Gasteiger partial charge is 0.350 e. The standard InChI is InChI=1S/C11H12BrN3O3/c1-7-6-14(3-2-10(7)16)11-9(15(17)18)4-8(12)5-13-11/h4-5,7H,2-3,6H2,1H3/t7-/m0/s1. The molecule has 1 aliphatic heterocycles. The highest BCUT2D eigenvalue weighted by Crippen LogP contribution is 2.30. The number of carbonyl (C=O) groups excluding carboxylic acids is 1. The zero-order valence-electron chi connectivity index (χ0n) is 9.80. The monoisotopic (exact) mass is 313 g/mol. The van der Waals surface area contributed by atoms with Crippen LogP contribution in [0.5, 0.6) is 0 Å². The molecule has 0 N–H and O–H groups in total. The predicted octanol–water partition coefficient (Wildman–Crippen LogP) is 2.17. The van der Waals surface area contributed by atoms with Gasteiger partial charge in [0, 0.05) is 42.2 Å². The van der Waals surface area contributed by atoms with E-state index in [2.05, 4.69) is 20.9 Å². The Bertz CT molecular complexity index is 506. The van der Waals surface area contributed by atoms with Crippen LogP contribution in [0.3, 0.4) is 0 Å². The molecule has 1 aromatic rings. The Labute approximate surface area is 112 Å². The summed E-state index contributed by atoms with van der Waals surface area (Å²) < 4.78 is 0.569. The second-order valence-electron chi connectivity index (χ2n) is 4.32. The maximum atomic E-state index is 11.5. The number of aromatic nitrogens is 1. The highest BCUT2D eigenvalue weighted by molar-refractivity contribution is 9.10. The van der Waals surface area contributed by atoms with Crippen molar-refractivity contribution in [2.75, 3.05) is 18.0 Å². The van der Waals surface area contributed by atoms with Crippen molar-refractivity contribution in [1.82, 2.24) is 4.98 Å². The van der Waals surface area contributed by atoms with Crippen LogP contribution >= 0.6 is 15.9 Å². The fourth-order valence-electron chi connectivity index (χ4n) is 2.01. The van der Waals surface area contributed by atoms with Crippen molar-refractivity contribution in [3.8, 4) is 0 Å². The van der Waals surface area contributed by atoms with Crippen LogP contribution in [0.4, 0.5) is 11.5 Å². The second-order valence-corrected chi connectivity index (χ2v) is 5.23. The zero-order chi connectivity index (χ0) is 13.3. The van der Waals surface area contributed by atoms with Gasteiger partial charge >= 0.3 is 5.69 Å². The number of hydrogen-bond donors (Lipinski definition) is 0. The molecule has 18 heavy (non-hydrogen) atoms. The third-order valence-corrected chi connectivity index (χ3v) is 3.42. The number of halogens is 1. The van der Waals surface area contributed by atoms with Gasteiger partial charge in [-0.25, -0.2) is 4.98 Å². The van der Waals surface area contributed by atoms with Crippen molar-refractivity contribution in [3.05, 3.63) is 26.9 Å². The lowest BCUT2D eigenvalue weighted by Crippen LogP contribution is -2.40. The van der Waals surface area contributed by atoms with E-state index in [1.54, 1.807) is 4.90 Å². The summed E-state index contributed by atoms with van der Waals surface area (Å²) in [6, 6.07) is 1.43. The average molecular weight is 314 g/mol. The van der Waals surface area contributed by atoms with Crippen LogP contribution in [-0.4, -0.2) is 28.8 Å². The van der Waals surface area contributed by atoms with Crippen LogP contribution in [0, 0.1) is 16.0 Å². The average Bonchev–Trinajstić information content (AvgIpc) is 2.32. The minimum absolute atomic E-state index is 0.0362. The van der Waals surface area contributed by atoms with Gasteiger partial charge in [0.2, 0.25) is 5.82 Å². The van der Waals surface area contributed by atoms with E-state index in [1.807, 2.05) is 6.92 Å². The van der Waals surface area contributed by atoms with Gasteiger partial charge in [0.25, 0.3) is 0 Å². The van der Waals surface area contributed by atoms with Crippen molar-refractivity contribution in [2.24, 2.45) is 5.92 Å². The molecule has 1 aromatic heterocycles. The summed E-state index contributed by atoms with van der Waals surface area (Å²) in [5, 5.41) is 11.0. The fraction of sp³-hybridized carbons (Fsp3) is 0.455. The van der Waals surface area contributed by atoms with Gasteiger partial charge < -0.3 is 4.90 Å². The molecule has 0 amide bonds. The van der Waals surface area contributed by atoms with E-state index in [1.165, 1.54) is 12.3 Å². The van der Waals surface area contributed by atoms with Gasteiger partial charge in [0.05, 0.1) is 4.92 Å². The maximum Gasteiger partial charge on any atom is 0.312 e. The molecule has 96 valence electrons. The molecule has 6 nitrogen and oxygen atoms in total. The Kier molecular flexibility index (Phi) is 3.60. The van der Waals surface area contributed by atoms with Crippen molar-refractivity contribution < 1.29 is 9.72 Å². The minimum Gasteiger partial charge on any atom is -0.350 e. The van der Waals surface area contributed by atoms with E-state index in [0.717, 1.165) is 0 Å². The first-order valence-electron chi connectivity index (χ1n) is 5.56. The lowest BCUT2D eigenvalue weighted by atomic mass is 9.98. The molecule has 1 atom stereocenters. The van der Waals surface area contributed by atoms with Crippen LogP contribution in [0.25, 0.3) is 0 Å². The summed E-state index contributed by atoms with van der Waals surface area (Å²) in [6.45, 7) is 2.80. The lowest BCUT2D eigenvalue weighted by molar-refractivity contribution is -0.384. The zero-order valence-corrected chi connectivity index (χ0v) is 11.4. The SMILES string of the molecule is C[C@H]1CN(c2ncc(Br)cc2[N+](=O)[O-])CCC1=O. The molecule has 7 heteroatoms. The summed E-state index contributed by atoms with van der Waals surface area (Å²) in [7, 11) is 0. The number of anilines is 1. The van der Waals surface area contributed by atoms with Gasteiger partial charge in [-0.05, 0) is 15.9 Å². The van der Waals surface area contributed by atoms with E-state index in [4.69, 9.17) is 0 Å². The number of nitro groups is 1. The van der Waals surface area contributed by atoms with Crippen LogP contribution in [0.1, 0.15) is 13.3 Å². The van der Waals surface area contributed by atoms with Crippen LogP contribution in [0.2, 0.25) is 0 Å². The molecule has 1 saturated heterocycles. The Morgan fingerprint density at radius 1 is 1.61 bits per heavy atom. The second kappa shape index (κ2) is 5.01. The maximum absolute atomic E-state index is 11.5. The van der Waals surface area contributed by atoms with Crippen LogP contribution < -0.4 is 4.90 Å². The predicted molar refractivity (Wildman–Crippen MR) is 69.6 cm³/mol. The number of pyridine rings is 1. The van der Waals surface area contributed by atoms with Gasteiger partial charge in [0.15, 0.2) is 0 Å². The Morgan fingerprint density at radius 3 is 2.94 bits per heavy atom. The quantitative estimate of drug-likeness (QED) is 0.617. The minimum atomic E-state index is -0.450. The highest BCUT2D eigenvalue weighted by atomic mass is 79.9. The number of ketones is 1. The summed E-state index contributed by atoms with van der Waals surface area (Å²) in [5.41, 5.74) is -0.0362. The molecule has 1 aliphatic rings. The Balaban J connectivity index is 2.33. The molecule has 0 spiro atoms. The molecular formula is C11H12BrN3O3. The normalized spacial score (nSPS) is 20.0. The highest BCUT2D eigenvalue weighted by Gasteiger charge is 2.29. The molecule has 0 aromatic carbocycles. The van der Waals surface area contributed by atoms with E-state index >= 15 is 0 Å². The smallest absolute Gasteiger partial charge is 0.312 e. The number of piperidine rings is 1. The van der Waals surface area contributed by atoms with Crippen molar-refractivity contribution in [2.45, 2.75) is 13.3 Å². The first-order valence-corrected chi connectivity index (χ1v) is 6.36. The van der Waals surface area contributed by atoms with Crippen molar-refractivity contribution >= 4 is 33.2 Å². The van der Waals surface area contributed by atoms with Crippen molar-refractivity contribution in [1.29, 1.82) is 0 Å². The van der Waals surface area contributed by atoms with E-state index in [9.17, 15) is 14.9 Å². The molecule has 0 unspecified atom stereocenters. The van der Waals surface area contributed by atoms with E-state index < -0.39 is 4.92 Å². The van der Waals surface area contributed by atoms with Gasteiger partial charge in [0.1, 0.15) is 5.78 Å². The van der Waals surface area contributed by atoms with Gasteiger partial charge in [-0.15, -0.1) is 0 Å². The molecule has 0 saturated carbocycles. The molecule has 0 aliphatic carbocycles. The molecule has 0 bridgehead atoms. The Hall–Kier alpha value is -1.50. The number of carbonyl (C=O) groups is 1. The molecule has 0 radical (unpaired) electrons. The molecule has 2 rings (SSSR count). The molecule has 1 fully saturated rings. The van der Waals surface area contributed by atoms with Crippen LogP contribution in [-0.2, 0) is 4.79 Å². The lowest BCUT2D eigenvalue weighted by Gasteiger charge is -2.30. The number of Topliss-reactive ketones (excluding diaryl/α,β-unsaturated/α-hetero) is 1. The van der Waals surface area contributed by atoms with Gasteiger partial charge in [-0.3, -0.25) is 14.9 Å². The van der Waals surface area contributed by atoms with Gasteiger partial charge in [-0.1, -0.05) is 6.92 Å². The summed E-state index contributed by atoms with van der Waals surface area (Å²) in [4.78, 5) is 27.9. The molecular weight excluding hydrogens is 302 g/mol. The van der Waals surface area contributed by atoms with Crippen LogP contribution in [0.15, 0.2) is 16.7 Å². The van der Waals surface area contributed by atoms with Crippen molar-refractivity contribution in [3.63, 3.8) is 0 Å². The van der Waals surface area contributed by atoms with E-state index in [0.29, 0.717) is 29.8 Å². The third-order valence-electron chi connectivity index (χ3n) is 2.98.